The van der Waals surface area contributed by atoms with E-state index in [1.807, 2.05) is 25.1 Å². The lowest BCUT2D eigenvalue weighted by molar-refractivity contribution is 0.163. The predicted molar refractivity (Wildman–Crippen MR) is 81.2 cm³/mol. The largest absolute Gasteiger partial charge is 0.393 e. The number of hydrogen-bond acceptors (Lipinski definition) is 3. The maximum absolute atomic E-state index is 9.32. The molecule has 2 atom stereocenters. The van der Waals surface area contributed by atoms with E-state index >= 15 is 0 Å². The van der Waals surface area contributed by atoms with Crippen LogP contribution in [0.4, 0.5) is 0 Å². The van der Waals surface area contributed by atoms with Gasteiger partial charge in [-0.15, -0.1) is 0 Å². The van der Waals surface area contributed by atoms with Crippen molar-refractivity contribution in [2.24, 2.45) is 5.92 Å². The Morgan fingerprint density at radius 1 is 1.25 bits per heavy atom. The van der Waals surface area contributed by atoms with E-state index in [2.05, 4.69) is 40.6 Å². The molecule has 4 nitrogen and oxygen atoms in total. The van der Waals surface area contributed by atoms with E-state index in [0.717, 1.165) is 36.5 Å². The van der Waals surface area contributed by atoms with Gasteiger partial charge >= 0.3 is 0 Å². The zero-order valence-electron chi connectivity index (χ0n) is 12.1. The van der Waals surface area contributed by atoms with Crippen LogP contribution in [-0.2, 0) is 6.54 Å². The number of H-pyrrole nitrogens is 1. The van der Waals surface area contributed by atoms with Crippen LogP contribution in [0.1, 0.15) is 26.0 Å². The molecule has 2 aromatic rings. The molecule has 0 saturated heterocycles. The first-order valence-corrected chi connectivity index (χ1v) is 7.13. The Morgan fingerprint density at radius 3 is 2.70 bits per heavy atom. The number of nitrogens with zero attached hydrogens (tertiary/aromatic N) is 1. The Morgan fingerprint density at radius 2 is 2.00 bits per heavy atom. The Hall–Kier alpha value is -1.65. The van der Waals surface area contributed by atoms with Crippen molar-refractivity contribution < 1.29 is 5.11 Å². The van der Waals surface area contributed by atoms with Gasteiger partial charge in [-0.3, -0.25) is 5.10 Å². The minimum atomic E-state index is -0.233. The summed E-state index contributed by atoms with van der Waals surface area (Å²) in [5.74, 6) is 0.464. The number of rotatable bonds is 7. The third-order valence-corrected chi connectivity index (χ3v) is 3.25. The van der Waals surface area contributed by atoms with Crippen LogP contribution in [0.5, 0.6) is 0 Å². The minimum Gasteiger partial charge on any atom is -0.393 e. The van der Waals surface area contributed by atoms with Crippen molar-refractivity contribution in [2.45, 2.75) is 32.9 Å². The SMILES string of the molecule is CC(O)CC(C)CNCc1cc(-c2ccccc2)n[nH]1. The zero-order valence-corrected chi connectivity index (χ0v) is 12.1. The maximum atomic E-state index is 9.32. The molecule has 1 heterocycles. The van der Waals surface area contributed by atoms with Gasteiger partial charge in [0.2, 0.25) is 0 Å². The minimum absolute atomic E-state index is 0.233. The van der Waals surface area contributed by atoms with Crippen LogP contribution >= 0.6 is 0 Å². The van der Waals surface area contributed by atoms with Gasteiger partial charge in [-0.25, -0.2) is 0 Å². The molecule has 0 aliphatic rings. The van der Waals surface area contributed by atoms with Gasteiger partial charge in [0.05, 0.1) is 11.8 Å². The highest BCUT2D eigenvalue weighted by molar-refractivity contribution is 5.58. The molecule has 0 bridgehead atoms. The molecule has 0 aliphatic carbocycles. The van der Waals surface area contributed by atoms with Crippen LogP contribution in [0.15, 0.2) is 36.4 Å². The second-order valence-corrected chi connectivity index (χ2v) is 5.47. The summed E-state index contributed by atoms with van der Waals surface area (Å²) < 4.78 is 0. The van der Waals surface area contributed by atoms with Crippen molar-refractivity contribution in [1.82, 2.24) is 15.5 Å². The van der Waals surface area contributed by atoms with Crippen molar-refractivity contribution in [3.8, 4) is 11.3 Å². The van der Waals surface area contributed by atoms with Crippen LogP contribution in [-0.4, -0.2) is 28.0 Å². The van der Waals surface area contributed by atoms with Crippen LogP contribution in [0.2, 0.25) is 0 Å². The molecule has 0 aliphatic heterocycles. The van der Waals surface area contributed by atoms with Crippen molar-refractivity contribution in [1.29, 1.82) is 0 Å². The number of aliphatic hydroxyl groups excluding tert-OH is 1. The van der Waals surface area contributed by atoms with Crippen molar-refractivity contribution >= 4 is 0 Å². The lowest BCUT2D eigenvalue weighted by atomic mass is 10.0. The highest BCUT2D eigenvalue weighted by Crippen LogP contribution is 2.16. The summed E-state index contributed by atoms with van der Waals surface area (Å²) in [6.45, 7) is 5.63. The second-order valence-electron chi connectivity index (χ2n) is 5.47. The second kappa shape index (κ2) is 7.22. The van der Waals surface area contributed by atoms with Crippen LogP contribution < -0.4 is 5.32 Å². The molecule has 0 saturated carbocycles. The molecule has 0 radical (unpaired) electrons. The first-order chi connectivity index (χ1) is 9.65. The number of aromatic nitrogens is 2. The van der Waals surface area contributed by atoms with Crippen molar-refractivity contribution in [2.75, 3.05) is 6.54 Å². The van der Waals surface area contributed by atoms with E-state index in [0.29, 0.717) is 5.92 Å². The summed E-state index contributed by atoms with van der Waals surface area (Å²) in [5.41, 5.74) is 3.17. The number of benzene rings is 1. The molecule has 0 spiro atoms. The molecular formula is C16H23N3O. The van der Waals surface area contributed by atoms with E-state index in [4.69, 9.17) is 0 Å². The lowest BCUT2D eigenvalue weighted by Gasteiger charge is -2.13. The fourth-order valence-corrected chi connectivity index (χ4v) is 2.33. The molecule has 0 amide bonds. The Kier molecular flexibility index (Phi) is 5.32. The predicted octanol–water partition coefficient (Wildman–Crippen LogP) is 2.57. The highest BCUT2D eigenvalue weighted by Gasteiger charge is 2.07. The smallest absolute Gasteiger partial charge is 0.0924 e. The van der Waals surface area contributed by atoms with Crippen molar-refractivity contribution in [3.63, 3.8) is 0 Å². The third-order valence-electron chi connectivity index (χ3n) is 3.25. The number of aliphatic hydroxyl groups is 1. The first-order valence-electron chi connectivity index (χ1n) is 7.13. The van der Waals surface area contributed by atoms with E-state index < -0.39 is 0 Å². The topological polar surface area (TPSA) is 60.9 Å². The number of aromatic amines is 1. The summed E-state index contributed by atoms with van der Waals surface area (Å²) in [4.78, 5) is 0. The van der Waals surface area contributed by atoms with Gasteiger partial charge in [-0.05, 0) is 31.9 Å². The zero-order chi connectivity index (χ0) is 14.4. The van der Waals surface area contributed by atoms with E-state index in [-0.39, 0.29) is 6.10 Å². The molecular weight excluding hydrogens is 250 g/mol. The number of hydrogen-bond donors (Lipinski definition) is 3. The van der Waals surface area contributed by atoms with Crippen LogP contribution in [0, 0.1) is 5.92 Å². The maximum Gasteiger partial charge on any atom is 0.0924 e. The standard InChI is InChI=1S/C16H23N3O/c1-12(8-13(2)20)10-17-11-15-9-16(19-18-15)14-6-4-3-5-7-14/h3-7,9,12-13,17,20H,8,10-11H2,1-2H3,(H,18,19). The summed E-state index contributed by atoms with van der Waals surface area (Å²) in [5, 5.41) is 20.1. The highest BCUT2D eigenvalue weighted by atomic mass is 16.3. The van der Waals surface area contributed by atoms with Gasteiger partial charge in [0.25, 0.3) is 0 Å². The summed E-state index contributed by atoms with van der Waals surface area (Å²) in [6, 6.07) is 12.2. The molecule has 0 fully saturated rings. The normalized spacial score (nSPS) is 14.2. The molecule has 20 heavy (non-hydrogen) atoms. The summed E-state index contributed by atoms with van der Waals surface area (Å²) in [6.07, 6.45) is 0.592. The van der Waals surface area contributed by atoms with Crippen LogP contribution in [0.3, 0.4) is 0 Å². The van der Waals surface area contributed by atoms with Crippen molar-refractivity contribution in [3.05, 3.63) is 42.1 Å². The van der Waals surface area contributed by atoms with E-state index in [1.54, 1.807) is 0 Å². The van der Waals surface area contributed by atoms with Gasteiger partial charge in [0.1, 0.15) is 0 Å². The molecule has 1 aromatic heterocycles. The first kappa shape index (κ1) is 14.8. The summed E-state index contributed by atoms with van der Waals surface area (Å²) >= 11 is 0. The molecule has 2 rings (SSSR count). The Balaban J connectivity index is 1.82. The van der Waals surface area contributed by atoms with Crippen LogP contribution in [0.25, 0.3) is 11.3 Å². The van der Waals surface area contributed by atoms with Gasteiger partial charge in [-0.1, -0.05) is 37.3 Å². The molecule has 1 aromatic carbocycles. The molecule has 108 valence electrons. The molecule has 4 heteroatoms. The fourth-order valence-electron chi connectivity index (χ4n) is 2.33. The molecule has 3 N–H and O–H groups in total. The van der Waals surface area contributed by atoms with E-state index in [1.165, 1.54) is 0 Å². The summed E-state index contributed by atoms with van der Waals surface area (Å²) in [7, 11) is 0. The van der Waals surface area contributed by atoms with Gasteiger partial charge < -0.3 is 10.4 Å². The average molecular weight is 273 g/mol. The third kappa shape index (κ3) is 4.47. The van der Waals surface area contributed by atoms with Gasteiger partial charge in [0, 0.05) is 17.8 Å². The monoisotopic (exact) mass is 273 g/mol. The van der Waals surface area contributed by atoms with Gasteiger partial charge in [-0.2, -0.15) is 5.10 Å². The quantitative estimate of drug-likeness (QED) is 0.726. The number of nitrogens with one attached hydrogen (secondary N) is 2. The van der Waals surface area contributed by atoms with Gasteiger partial charge in [0.15, 0.2) is 0 Å². The fraction of sp³-hybridized carbons (Fsp3) is 0.438. The Labute approximate surface area is 120 Å². The Bertz CT molecular complexity index is 507. The van der Waals surface area contributed by atoms with E-state index in [9.17, 15) is 5.11 Å². The molecule has 2 unspecified atom stereocenters. The lowest BCUT2D eigenvalue weighted by Crippen LogP contribution is -2.23. The average Bonchev–Trinajstić information content (AvgIpc) is 2.88.